The number of hydrogen-bond donors (Lipinski definition) is 1. The highest BCUT2D eigenvalue weighted by Crippen LogP contribution is 2.23. The van der Waals surface area contributed by atoms with Gasteiger partial charge in [0.15, 0.2) is 0 Å². The molecule has 0 aliphatic carbocycles. The topological polar surface area (TPSA) is 96.3 Å². The Balaban J connectivity index is 1.60. The van der Waals surface area contributed by atoms with E-state index in [1.165, 1.54) is 0 Å². The van der Waals surface area contributed by atoms with E-state index in [0.29, 0.717) is 49.7 Å². The van der Waals surface area contributed by atoms with Crippen molar-refractivity contribution in [1.82, 2.24) is 24.6 Å². The van der Waals surface area contributed by atoms with E-state index in [4.69, 9.17) is 9.72 Å². The molecule has 1 N–H and O–H groups in total. The summed E-state index contributed by atoms with van der Waals surface area (Å²) in [7, 11) is 0. The van der Waals surface area contributed by atoms with Crippen LogP contribution >= 0.6 is 0 Å². The highest BCUT2D eigenvalue weighted by Gasteiger charge is 2.28. The van der Waals surface area contributed by atoms with Gasteiger partial charge >= 0.3 is 6.09 Å². The molecule has 158 valence electrons. The Kier molecular flexibility index (Phi) is 5.19. The molecule has 1 amide bonds. The number of nitrogens with zero attached hydrogens (tertiary/aromatic N) is 5. The van der Waals surface area contributed by atoms with E-state index < -0.39 is 5.60 Å². The number of carbonyl (C=O) groups excluding carboxylic acids is 1. The normalized spacial score (nSPS) is 14.9. The summed E-state index contributed by atoms with van der Waals surface area (Å²) in [4.78, 5) is 33.4. The molecular weight excluding hydrogens is 384 g/mol. The molecule has 1 aliphatic heterocycles. The van der Waals surface area contributed by atoms with Gasteiger partial charge in [0.1, 0.15) is 16.6 Å². The molecule has 9 heteroatoms. The van der Waals surface area contributed by atoms with Crippen molar-refractivity contribution in [1.29, 1.82) is 0 Å². The average molecular weight is 410 g/mol. The van der Waals surface area contributed by atoms with E-state index >= 15 is 0 Å². The first-order valence-electron chi connectivity index (χ1n) is 10.0. The fourth-order valence-electron chi connectivity index (χ4n) is 3.57. The minimum absolute atomic E-state index is 0.269. The maximum absolute atomic E-state index is 12.5. The molecule has 4 rings (SSSR count). The molecule has 0 saturated carbocycles. The second-order valence-electron chi connectivity index (χ2n) is 8.37. The van der Waals surface area contributed by atoms with Gasteiger partial charge in [0.2, 0.25) is 5.95 Å². The lowest BCUT2D eigenvalue weighted by Gasteiger charge is -2.36. The third-order valence-electron chi connectivity index (χ3n) is 4.94. The molecule has 2 aromatic heterocycles. The first kappa shape index (κ1) is 19.9. The number of H-pyrrole nitrogens is 1. The van der Waals surface area contributed by atoms with Crippen LogP contribution in [0.1, 0.15) is 26.3 Å². The van der Waals surface area contributed by atoms with Crippen molar-refractivity contribution in [2.24, 2.45) is 0 Å². The number of nitrogens with one attached hydrogen (secondary N) is 1. The Morgan fingerprint density at radius 3 is 2.50 bits per heavy atom. The summed E-state index contributed by atoms with van der Waals surface area (Å²) in [5.41, 5.74) is 1.33. The molecule has 1 aromatic carbocycles. The molecule has 0 bridgehead atoms. The van der Waals surface area contributed by atoms with Crippen molar-refractivity contribution >= 4 is 23.1 Å². The van der Waals surface area contributed by atoms with Gasteiger partial charge in [-0.15, -0.1) is 0 Å². The monoisotopic (exact) mass is 410 g/mol. The minimum atomic E-state index is -0.522. The average Bonchev–Trinajstić information content (AvgIpc) is 3.07. The van der Waals surface area contributed by atoms with Gasteiger partial charge < -0.3 is 19.1 Å². The summed E-state index contributed by atoms with van der Waals surface area (Å²) in [6, 6.07) is 9.94. The SMILES string of the molecule is CC(C)(C)OC(=O)N1CCN(c2nc3cn[nH]c(=O)c3n2Cc2ccccc2)CC1. The van der Waals surface area contributed by atoms with E-state index in [-0.39, 0.29) is 11.7 Å². The summed E-state index contributed by atoms with van der Waals surface area (Å²) < 4.78 is 7.40. The van der Waals surface area contributed by atoms with Gasteiger partial charge in [-0.25, -0.2) is 14.9 Å². The number of benzene rings is 1. The smallest absolute Gasteiger partial charge is 0.410 e. The third-order valence-corrected chi connectivity index (χ3v) is 4.94. The van der Waals surface area contributed by atoms with Crippen molar-refractivity contribution < 1.29 is 9.53 Å². The Labute approximate surface area is 174 Å². The van der Waals surface area contributed by atoms with Crippen LogP contribution in [0.3, 0.4) is 0 Å². The zero-order valence-electron chi connectivity index (χ0n) is 17.5. The number of aromatic amines is 1. The van der Waals surface area contributed by atoms with Crippen LogP contribution in [0.4, 0.5) is 10.7 Å². The fourth-order valence-corrected chi connectivity index (χ4v) is 3.57. The number of amides is 1. The summed E-state index contributed by atoms with van der Waals surface area (Å²) in [5.74, 6) is 0.705. The van der Waals surface area contributed by atoms with Crippen LogP contribution in [0.25, 0.3) is 11.0 Å². The second kappa shape index (κ2) is 7.81. The number of hydrogen-bond acceptors (Lipinski definition) is 6. The molecular formula is C21H26N6O3. The number of imidazole rings is 1. The molecule has 0 atom stereocenters. The lowest BCUT2D eigenvalue weighted by molar-refractivity contribution is 0.0240. The molecule has 1 saturated heterocycles. The highest BCUT2D eigenvalue weighted by atomic mass is 16.6. The molecule has 0 unspecified atom stereocenters. The number of ether oxygens (including phenoxy) is 1. The quantitative estimate of drug-likeness (QED) is 0.711. The van der Waals surface area contributed by atoms with Gasteiger partial charge in [-0.05, 0) is 26.3 Å². The molecule has 0 radical (unpaired) electrons. The van der Waals surface area contributed by atoms with Crippen LogP contribution in [0, 0.1) is 0 Å². The molecule has 3 heterocycles. The van der Waals surface area contributed by atoms with Gasteiger partial charge in [-0.1, -0.05) is 30.3 Å². The highest BCUT2D eigenvalue weighted by molar-refractivity contribution is 5.77. The van der Waals surface area contributed by atoms with E-state index in [2.05, 4.69) is 15.1 Å². The molecule has 1 aliphatic rings. The van der Waals surface area contributed by atoms with Crippen LogP contribution in [0.2, 0.25) is 0 Å². The zero-order chi connectivity index (χ0) is 21.3. The number of rotatable bonds is 3. The van der Waals surface area contributed by atoms with Gasteiger partial charge in [0, 0.05) is 26.2 Å². The van der Waals surface area contributed by atoms with Crippen molar-refractivity contribution in [3.05, 3.63) is 52.4 Å². The summed E-state index contributed by atoms with van der Waals surface area (Å²) in [6.45, 7) is 8.35. The number of piperazine rings is 1. The van der Waals surface area contributed by atoms with Crippen LogP contribution in [0.15, 0.2) is 41.3 Å². The van der Waals surface area contributed by atoms with E-state index in [1.807, 2.05) is 55.7 Å². The number of aromatic nitrogens is 4. The molecule has 30 heavy (non-hydrogen) atoms. The van der Waals surface area contributed by atoms with Crippen LogP contribution in [0.5, 0.6) is 0 Å². The largest absolute Gasteiger partial charge is 0.444 e. The predicted octanol–water partition coefficient (Wildman–Crippen LogP) is 2.22. The Morgan fingerprint density at radius 1 is 1.13 bits per heavy atom. The lowest BCUT2D eigenvalue weighted by Crippen LogP contribution is -2.50. The van der Waals surface area contributed by atoms with Crippen LogP contribution in [-0.4, -0.2) is 62.5 Å². The van der Waals surface area contributed by atoms with E-state index in [1.54, 1.807) is 11.1 Å². The van der Waals surface area contributed by atoms with Gasteiger partial charge in [-0.2, -0.15) is 5.10 Å². The van der Waals surface area contributed by atoms with Gasteiger partial charge in [-0.3, -0.25) is 4.79 Å². The van der Waals surface area contributed by atoms with E-state index in [9.17, 15) is 9.59 Å². The van der Waals surface area contributed by atoms with Crippen molar-refractivity contribution in [3.8, 4) is 0 Å². The van der Waals surface area contributed by atoms with Crippen LogP contribution < -0.4 is 10.5 Å². The fraction of sp³-hybridized carbons (Fsp3) is 0.429. The number of carbonyl (C=O) groups is 1. The number of anilines is 1. The minimum Gasteiger partial charge on any atom is -0.444 e. The summed E-state index contributed by atoms with van der Waals surface area (Å²) in [6.07, 6.45) is 1.26. The van der Waals surface area contributed by atoms with Gasteiger partial charge in [0.05, 0.1) is 12.7 Å². The van der Waals surface area contributed by atoms with E-state index in [0.717, 1.165) is 5.56 Å². The Hall–Kier alpha value is -3.36. The summed E-state index contributed by atoms with van der Waals surface area (Å²) in [5, 5.41) is 6.39. The molecule has 0 spiro atoms. The lowest BCUT2D eigenvalue weighted by atomic mass is 10.2. The Bertz CT molecular complexity index is 1090. The second-order valence-corrected chi connectivity index (χ2v) is 8.37. The van der Waals surface area contributed by atoms with Crippen molar-refractivity contribution in [2.45, 2.75) is 32.9 Å². The maximum Gasteiger partial charge on any atom is 0.410 e. The summed E-state index contributed by atoms with van der Waals surface area (Å²) >= 11 is 0. The molecule has 9 nitrogen and oxygen atoms in total. The standard InChI is InChI=1S/C21H26N6O3/c1-21(2,3)30-20(29)26-11-9-25(10-12-26)19-23-16-13-22-24-18(28)17(16)27(19)14-15-7-5-4-6-8-15/h4-8,13H,9-12,14H2,1-3H3,(H,24,28). The van der Waals surface area contributed by atoms with Crippen molar-refractivity contribution in [3.63, 3.8) is 0 Å². The third kappa shape index (κ3) is 4.14. The maximum atomic E-state index is 12.5. The zero-order valence-corrected chi connectivity index (χ0v) is 17.5. The molecule has 3 aromatic rings. The Morgan fingerprint density at radius 2 is 1.83 bits per heavy atom. The molecule has 1 fully saturated rings. The van der Waals surface area contributed by atoms with Crippen LogP contribution in [-0.2, 0) is 11.3 Å². The van der Waals surface area contributed by atoms with Gasteiger partial charge in [0.25, 0.3) is 5.56 Å². The first-order chi connectivity index (χ1) is 14.3. The first-order valence-corrected chi connectivity index (χ1v) is 10.0. The number of fused-ring (bicyclic) bond motifs is 1. The van der Waals surface area contributed by atoms with Crippen molar-refractivity contribution in [2.75, 3.05) is 31.1 Å². The predicted molar refractivity (Wildman–Crippen MR) is 114 cm³/mol.